The summed E-state index contributed by atoms with van der Waals surface area (Å²) < 4.78 is 37.7. The summed E-state index contributed by atoms with van der Waals surface area (Å²) in [5, 5.41) is 13.3. The van der Waals surface area contributed by atoms with Crippen LogP contribution in [0.4, 0.5) is 19.0 Å². The molecule has 0 bridgehead atoms. The number of rotatable bonds is 3. The van der Waals surface area contributed by atoms with Crippen LogP contribution < -0.4 is 5.43 Å². The molecule has 4 nitrogen and oxygen atoms in total. The summed E-state index contributed by atoms with van der Waals surface area (Å²) in [5.41, 5.74) is 1.95. The molecular formula is C18H15ClF3N3O. The Labute approximate surface area is 153 Å². The molecule has 136 valence electrons. The molecule has 1 aromatic heterocycles. The number of aliphatic hydroxyl groups is 1. The maximum Gasteiger partial charge on any atom is 0.417 e. The number of hydrazone groups is 1. The van der Waals surface area contributed by atoms with E-state index in [9.17, 15) is 18.3 Å². The van der Waals surface area contributed by atoms with Gasteiger partial charge in [-0.05, 0) is 37.6 Å². The van der Waals surface area contributed by atoms with Crippen molar-refractivity contribution < 1.29 is 18.3 Å². The summed E-state index contributed by atoms with van der Waals surface area (Å²) >= 11 is 5.77. The van der Waals surface area contributed by atoms with Crippen molar-refractivity contribution in [3.05, 3.63) is 58.2 Å². The molecule has 0 spiro atoms. The third-order valence-corrected chi connectivity index (χ3v) is 3.26. The third kappa shape index (κ3) is 6.06. The zero-order chi connectivity index (χ0) is 19.4. The van der Waals surface area contributed by atoms with Crippen LogP contribution in [0.5, 0.6) is 0 Å². The number of nitrogens with zero attached hydrogens (tertiary/aromatic N) is 2. The second-order valence-corrected chi connectivity index (χ2v) is 6.26. The lowest BCUT2D eigenvalue weighted by molar-refractivity contribution is -0.137. The van der Waals surface area contributed by atoms with Gasteiger partial charge in [0.05, 0.1) is 16.8 Å². The number of benzene rings is 1. The molecule has 0 aliphatic heterocycles. The highest BCUT2D eigenvalue weighted by molar-refractivity contribution is 6.32. The molecule has 0 unspecified atom stereocenters. The maximum absolute atomic E-state index is 12.6. The van der Waals surface area contributed by atoms with Gasteiger partial charge in [0.2, 0.25) is 0 Å². The van der Waals surface area contributed by atoms with Gasteiger partial charge in [-0.3, -0.25) is 5.43 Å². The maximum atomic E-state index is 12.6. The highest BCUT2D eigenvalue weighted by Crippen LogP contribution is 2.32. The fourth-order valence-electron chi connectivity index (χ4n) is 1.72. The van der Waals surface area contributed by atoms with Crippen molar-refractivity contribution in [1.82, 2.24) is 4.98 Å². The number of aromatic nitrogens is 1. The predicted molar refractivity (Wildman–Crippen MR) is 95.1 cm³/mol. The second-order valence-electron chi connectivity index (χ2n) is 5.85. The number of nitrogens with one attached hydrogen (secondary N) is 1. The first kappa shape index (κ1) is 19.8. The summed E-state index contributed by atoms with van der Waals surface area (Å²) in [6.45, 7) is 3.18. The molecule has 1 aromatic carbocycles. The number of hydrogen-bond acceptors (Lipinski definition) is 4. The minimum atomic E-state index is -4.51. The third-order valence-electron chi connectivity index (χ3n) is 2.98. The first-order valence-electron chi connectivity index (χ1n) is 7.42. The number of pyridine rings is 1. The lowest BCUT2D eigenvalue weighted by Gasteiger charge is -2.08. The highest BCUT2D eigenvalue weighted by Gasteiger charge is 2.31. The molecule has 2 N–H and O–H groups in total. The van der Waals surface area contributed by atoms with Gasteiger partial charge in [-0.25, -0.2) is 4.98 Å². The molecule has 0 atom stereocenters. The zero-order valence-electron chi connectivity index (χ0n) is 13.9. The molecule has 26 heavy (non-hydrogen) atoms. The van der Waals surface area contributed by atoms with Crippen molar-refractivity contribution in [2.75, 3.05) is 5.43 Å². The van der Waals surface area contributed by atoms with Crippen LogP contribution in [-0.4, -0.2) is 21.9 Å². The standard InChI is InChI=1S/C18H15ClF3N3O/c1-17(2,26)8-7-12-3-5-13(6-4-12)10-24-25-16-15(19)9-14(11-23-16)18(20,21)22/h3-6,9-11,26H,1-2H3,(H,23,25)/b24-10-. The van der Waals surface area contributed by atoms with Gasteiger partial charge in [0.1, 0.15) is 5.60 Å². The topological polar surface area (TPSA) is 57.5 Å². The van der Waals surface area contributed by atoms with E-state index < -0.39 is 17.3 Å². The van der Waals surface area contributed by atoms with E-state index in [-0.39, 0.29) is 10.8 Å². The van der Waals surface area contributed by atoms with E-state index in [0.717, 1.165) is 17.2 Å². The monoisotopic (exact) mass is 381 g/mol. The van der Waals surface area contributed by atoms with Gasteiger partial charge in [-0.1, -0.05) is 35.6 Å². The fourth-order valence-corrected chi connectivity index (χ4v) is 1.93. The summed E-state index contributed by atoms with van der Waals surface area (Å²) in [6.07, 6.45) is -2.36. The Kier molecular flexibility index (Phi) is 5.90. The highest BCUT2D eigenvalue weighted by atomic mass is 35.5. The zero-order valence-corrected chi connectivity index (χ0v) is 14.7. The molecule has 0 amide bonds. The molecule has 0 saturated carbocycles. The van der Waals surface area contributed by atoms with E-state index in [4.69, 9.17) is 11.6 Å². The van der Waals surface area contributed by atoms with Gasteiger partial charge >= 0.3 is 6.18 Å². The van der Waals surface area contributed by atoms with Crippen LogP contribution >= 0.6 is 11.6 Å². The minimum absolute atomic E-state index is 0.0172. The van der Waals surface area contributed by atoms with Gasteiger partial charge < -0.3 is 5.11 Å². The molecule has 0 saturated heterocycles. The Hall–Kier alpha value is -2.56. The molecule has 2 aromatic rings. The van der Waals surface area contributed by atoms with Gasteiger partial charge in [-0.2, -0.15) is 18.3 Å². The number of hydrogen-bond donors (Lipinski definition) is 2. The van der Waals surface area contributed by atoms with Crippen molar-refractivity contribution in [3.63, 3.8) is 0 Å². The average Bonchev–Trinajstić information content (AvgIpc) is 2.54. The number of anilines is 1. The lowest BCUT2D eigenvalue weighted by atomic mass is 10.1. The molecule has 8 heteroatoms. The van der Waals surface area contributed by atoms with E-state index in [1.54, 1.807) is 38.1 Å². The van der Waals surface area contributed by atoms with Crippen molar-refractivity contribution in [2.24, 2.45) is 5.10 Å². The Bertz CT molecular complexity index is 860. The minimum Gasteiger partial charge on any atom is -0.378 e. The van der Waals surface area contributed by atoms with E-state index in [1.807, 2.05) is 0 Å². The average molecular weight is 382 g/mol. The van der Waals surface area contributed by atoms with Crippen molar-refractivity contribution in [3.8, 4) is 11.8 Å². The van der Waals surface area contributed by atoms with Gasteiger partial charge in [0.25, 0.3) is 0 Å². The molecule has 0 aliphatic carbocycles. The van der Waals surface area contributed by atoms with Crippen LogP contribution in [0, 0.1) is 11.8 Å². The van der Waals surface area contributed by atoms with Crippen molar-refractivity contribution >= 4 is 23.6 Å². The first-order valence-corrected chi connectivity index (χ1v) is 7.80. The Morgan fingerprint density at radius 2 is 1.88 bits per heavy atom. The smallest absolute Gasteiger partial charge is 0.378 e. The summed E-state index contributed by atoms with van der Waals surface area (Å²) in [4.78, 5) is 3.62. The van der Waals surface area contributed by atoms with Crippen molar-refractivity contribution in [1.29, 1.82) is 0 Å². The molecule has 0 radical (unpaired) electrons. The molecule has 1 heterocycles. The van der Waals surface area contributed by atoms with Crippen LogP contribution in [0.2, 0.25) is 5.02 Å². The summed E-state index contributed by atoms with van der Waals surface area (Å²) in [5.74, 6) is 5.56. The van der Waals surface area contributed by atoms with E-state index >= 15 is 0 Å². The number of halogens is 4. The summed E-state index contributed by atoms with van der Waals surface area (Å²) in [6, 6.07) is 7.79. The van der Waals surface area contributed by atoms with E-state index in [1.165, 1.54) is 6.21 Å². The lowest BCUT2D eigenvalue weighted by Crippen LogP contribution is -2.14. The van der Waals surface area contributed by atoms with E-state index in [0.29, 0.717) is 6.20 Å². The van der Waals surface area contributed by atoms with Gasteiger partial charge in [0, 0.05) is 11.8 Å². The van der Waals surface area contributed by atoms with Gasteiger partial charge in [-0.15, -0.1) is 0 Å². The fraction of sp³-hybridized carbons (Fsp3) is 0.222. The van der Waals surface area contributed by atoms with E-state index in [2.05, 4.69) is 27.4 Å². The van der Waals surface area contributed by atoms with Crippen LogP contribution in [0.3, 0.4) is 0 Å². The molecule has 0 fully saturated rings. The Balaban J connectivity index is 2.03. The second kappa shape index (κ2) is 7.77. The predicted octanol–water partition coefficient (Wildman–Crippen LogP) is 4.32. The van der Waals surface area contributed by atoms with Crippen LogP contribution in [0.1, 0.15) is 30.5 Å². The normalized spacial score (nSPS) is 12.0. The van der Waals surface area contributed by atoms with Crippen LogP contribution in [-0.2, 0) is 6.18 Å². The molecule has 2 rings (SSSR count). The quantitative estimate of drug-likeness (QED) is 0.473. The number of alkyl halides is 3. The first-order chi connectivity index (χ1) is 12.0. The Morgan fingerprint density at radius 3 is 2.42 bits per heavy atom. The van der Waals surface area contributed by atoms with Crippen LogP contribution in [0.25, 0.3) is 0 Å². The summed E-state index contributed by atoms with van der Waals surface area (Å²) in [7, 11) is 0. The molecular weight excluding hydrogens is 367 g/mol. The SMILES string of the molecule is CC(C)(O)C#Cc1ccc(/C=N\Nc2ncc(C(F)(F)F)cc2Cl)cc1. The van der Waals surface area contributed by atoms with Gasteiger partial charge in [0.15, 0.2) is 5.82 Å². The largest absolute Gasteiger partial charge is 0.417 e. The Morgan fingerprint density at radius 1 is 1.23 bits per heavy atom. The van der Waals surface area contributed by atoms with Crippen LogP contribution in [0.15, 0.2) is 41.6 Å². The van der Waals surface area contributed by atoms with Crippen molar-refractivity contribution in [2.45, 2.75) is 25.6 Å². The molecule has 0 aliphatic rings.